The average molecular weight is 152 g/mol. The molecule has 0 aromatic heterocycles. The van der Waals surface area contributed by atoms with Crippen LogP contribution in [0.2, 0.25) is 0 Å². The number of hydrogen-bond acceptors (Lipinski definition) is 0. The molecule has 0 N–H and O–H groups in total. The summed E-state index contributed by atoms with van der Waals surface area (Å²) in [7, 11) is 0. The van der Waals surface area contributed by atoms with Gasteiger partial charge in [-0.25, -0.2) is 0 Å². The molecule has 4 atom stereocenters. The summed E-state index contributed by atoms with van der Waals surface area (Å²) in [6.07, 6.45) is 7.60. The Bertz CT molecular complexity index is 139. The van der Waals surface area contributed by atoms with Gasteiger partial charge in [0, 0.05) is 0 Å². The molecule has 0 heteroatoms. The Balaban J connectivity index is 2.07. The minimum absolute atomic E-state index is 1.04. The van der Waals surface area contributed by atoms with Crippen molar-refractivity contribution in [3.63, 3.8) is 0 Å². The molecule has 0 nitrogen and oxygen atoms in total. The van der Waals surface area contributed by atoms with E-state index in [4.69, 9.17) is 0 Å². The van der Waals surface area contributed by atoms with Crippen LogP contribution in [0.1, 0.15) is 46.0 Å². The zero-order chi connectivity index (χ0) is 7.84. The van der Waals surface area contributed by atoms with Gasteiger partial charge in [0.25, 0.3) is 0 Å². The van der Waals surface area contributed by atoms with E-state index in [0.29, 0.717) is 0 Å². The van der Waals surface area contributed by atoms with Crippen LogP contribution in [-0.2, 0) is 0 Å². The number of fused-ring (bicyclic) bond motifs is 1. The van der Waals surface area contributed by atoms with Crippen molar-refractivity contribution in [1.29, 1.82) is 0 Å². The predicted molar refractivity (Wildman–Crippen MR) is 48.4 cm³/mol. The van der Waals surface area contributed by atoms with Crippen molar-refractivity contribution in [2.75, 3.05) is 0 Å². The highest BCUT2D eigenvalue weighted by molar-refractivity contribution is 4.91. The van der Waals surface area contributed by atoms with E-state index in [2.05, 4.69) is 13.8 Å². The zero-order valence-corrected chi connectivity index (χ0v) is 7.84. The smallest absolute Gasteiger partial charge is 0.0355 e. The lowest BCUT2D eigenvalue weighted by Crippen LogP contribution is -2.11. The standard InChI is InChI=1S/C11H20/c1-3-10-8(2)7-9-5-4-6-11(9)10/h8-11H,3-7H2,1-2H3. The first-order chi connectivity index (χ1) is 5.33. The lowest BCUT2D eigenvalue weighted by molar-refractivity contribution is 0.304. The molecule has 11 heavy (non-hydrogen) atoms. The minimum Gasteiger partial charge on any atom is -0.0651 e. The van der Waals surface area contributed by atoms with E-state index in [1.165, 1.54) is 12.8 Å². The molecule has 2 fully saturated rings. The lowest BCUT2D eigenvalue weighted by Gasteiger charge is -2.19. The van der Waals surface area contributed by atoms with Gasteiger partial charge < -0.3 is 0 Å². The van der Waals surface area contributed by atoms with Crippen LogP contribution in [0.4, 0.5) is 0 Å². The molecule has 64 valence electrons. The van der Waals surface area contributed by atoms with Crippen molar-refractivity contribution in [2.45, 2.75) is 46.0 Å². The summed E-state index contributed by atoms with van der Waals surface area (Å²) in [6, 6.07) is 0. The van der Waals surface area contributed by atoms with Crippen molar-refractivity contribution >= 4 is 0 Å². The molecule has 0 radical (unpaired) electrons. The van der Waals surface area contributed by atoms with Crippen LogP contribution in [0.5, 0.6) is 0 Å². The third-order valence-corrected chi connectivity index (χ3v) is 4.14. The van der Waals surface area contributed by atoms with Crippen LogP contribution in [0.15, 0.2) is 0 Å². The maximum absolute atomic E-state index is 2.46. The van der Waals surface area contributed by atoms with Gasteiger partial charge in [0.15, 0.2) is 0 Å². The maximum Gasteiger partial charge on any atom is -0.0355 e. The molecule has 0 bridgehead atoms. The predicted octanol–water partition coefficient (Wildman–Crippen LogP) is 3.47. The van der Waals surface area contributed by atoms with Gasteiger partial charge in [-0.05, 0) is 36.5 Å². The summed E-state index contributed by atoms with van der Waals surface area (Å²) < 4.78 is 0. The molecular weight excluding hydrogens is 132 g/mol. The molecule has 4 unspecified atom stereocenters. The van der Waals surface area contributed by atoms with Crippen LogP contribution < -0.4 is 0 Å². The molecule has 0 aromatic rings. The van der Waals surface area contributed by atoms with Crippen molar-refractivity contribution in [3.8, 4) is 0 Å². The zero-order valence-electron chi connectivity index (χ0n) is 7.84. The monoisotopic (exact) mass is 152 g/mol. The summed E-state index contributed by atoms with van der Waals surface area (Å²) in [5, 5.41) is 0. The van der Waals surface area contributed by atoms with E-state index in [0.717, 1.165) is 23.7 Å². The first-order valence-corrected chi connectivity index (χ1v) is 5.33. The van der Waals surface area contributed by atoms with Crippen LogP contribution >= 0.6 is 0 Å². The second-order valence-corrected chi connectivity index (χ2v) is 4.64. The molecular formula is C11H20. The normalized spacial score (nSPS) is 49.6. The van der Waals surface area contributed by atoms with E-state index in [1.54, 1.807) is 19.3 Å². The largest absolute Gasteiger partial charge is 0.0651 e. The van der Waals surface area contributed by atoms with E-state index in [9.17, 15) is 0 Å². The number of rotatable bonds is 1. The van der Waals surface area contributed by atoms with Gasteiger partial charge in [-0.15, -0.1) is 0 Å². The third-order valence-electron chi connectivity index (χ3n) is 4.14. The van der Waals surface area contributed by atoms with Gasteiger partial charge in [0.05, 0.1) is 0 Å². The molecule has 2 saturated carbocycles. The van der Waals surface area contributed by atoms with Crippen LogP contribution in [0.3, 0.4) is 0 Å². The fraction of sp³-hybridized carbons (Fsp3) is 1.00. The fourth-order valence-electron chi connectivity index (χ4n) is 3.70. The average Bonchev–Trinajstić information content (AvgIpc) is 2.46. The fourth-order valence-corrected chi connectivity index (χ4v) is 3.70. The quantitative estimate of drug-likeness (QED) is 0.539. The summed E-state index contributed by atoms with van der Waals surface area (Å²) >= 11 is 0. The van der Waals surface area contributed by atoms with Gasteiger partial charge in [0.2, 0.25) is 0 Å². The van der Waals surface area contributed by atoms with Crippen LogP contribution in [0, 0.1) is 23.7 Å². The second-order valence-electron chi connectivity index (χ2n) is 4.64. The van der Waals surface area contributed by atoms with Gasteiger partial charge in [-0.2, -0.15) is 0 Å². The van der Waals surface area contributed by atoms with Gasteiger partial charge >= 0.3 is 0 Å². The molecule has 0 saturated heterocycles. The van der Waals surface area contributed by atoms with Gasteiger partial charge in [-0.1, -0.05) is 33.1 Å². The third kappa shape index (κ3) is 1.11. The molecule has 0 aliphatic heterocycles. The lowest BCUT2D eigenvalue weighted by atomic mass is 9.86. The Morgan fingerprint density at radius 3 is 2.82 bits per heavy atom. The Labute approximate surface area is 70.4 Å². The summed E-state index contributed by atoms with van der Waals surface area (Å²) in [4.78, 5) is 0. The second kappa shape index (κ2) is 2.80. The van der Waals surface area contributed by atoms with E-state index in [1.807, 2.05) is 0 Å². The molecule has 2 rings (SSSR count). The SMILES string of the molecule is CCC1C(C)CC2CCCC21. The molecule has 2 aliphatic carbocycles. The molecule has 0 aromatic carbocycles. The Kier molecular flexibility index (Phi) is 1.95. The van der Waals surface area contributed by atoms with E-state index < -0.39 is 0 Å². The minimum atomic E-state index is 1.04. The first kappa shape index (κ1) is 7.64. The number of hydrogen-bond donors (Lipinski definition) is 0. The maximum atomic E-state index is 2.46. The topological polar surface area (TPSA) is 0 Å². The molecule has 0 amide bonds. The van der Waals surface area contributed by atoms with Crippen LogP contribution in [-0.4, -0.2) is 0 Å². The van der Waals surface area contributed by atoms with Crippen molar-refractivity contribution < 1.29 is 0 Å². The van der Waals surface area contributed by atoms with E-state index in [-0.39, 0.29) is 0 Å². The van der Waals surface area contributed by atoms with Gasteiger partial charge in [0.1, 0.15) is 0 Å². The Morgan fingerprint density at radius 2 is 2.09 bits per heavy atom. The van der Waals surface area contributed by atoms with Gasteiger partial charge in [-0.3, -0.25) is 0 Å². The summed E-state index contributed by atoms with van der Waals surface area (Å²) in [5.74, 6) is 4.39. The van der Waals surface area contributed by atoms with Crippen molar-refractivity contribution in [1.82, 2.24) is 0 Å². The Hall–Kier alpha value is 0. The van der Waals surface area contributed by atoms with Crippen molar-refractivity contribution in [3.05, 3.63) is 0 Å². The summed E-state index contributed by atoms with van der Waals surface area (Å²) in [6.45, 7) is 4.84. The first-order valence-electron chi connectivity index (χ1n) is 5.33. The van der Waals surface area contributed by atoms with Crippen LogP contribution in [0.25, 0.3) is 0 Å². The highest BCUT2D eigenvalue weighted by atomic mass is 14.5. The molecule has 0 spiro atoms. The highest BCUT2D eigenvalue weighted by Gasteiger charge is 2.41. The van der Waals surface area contributed by atoms with E-state index >= 15 is 0 Å². The highest BCUT2D eigenvalue weighted by Crippen LogP contribution is 2.51. The van der Waals surface area contributed by atoms with Crippen molar-refractivity contribution in [2.24, 2.45) is 23.7 Å². The molecule has 0 heterocycles. The Morgan fingerprint density at radius 1 is 1.27 bits per heavy atom. The summed E-state index contributed by atoms with van der Waals surface area (Å²) in [5.41, 5.74) is 0. The molecule has 2 aliphatic rings.